The summed E-state index contributed by atoms with van der Waals surface area (Å²) in [5.41, 5.74) is 2.60. The van der Waals surface area contributed by atoms with Gasteiger partial charge in [-0.25, -0.2) is 9.48 Å². The molecule has 25 heavy (non-hydrogen) atoms. The SMILES string of the molecule is COC(=O)c1cc(C)nc(-c2cnn(C)c2OCCCC2CCO2)c1. The molecule has 3 heterocycles. The quantitative estimate of drug-likeness (QED) is 0.567. The predicted octanol–water partition coefficient (Wildman–Crippen LogP) is 2.53. The summed E-state index contributed by atoms with van der Waals surface area (Å²) in [7, 11) is 3.19. The molecule has 134 valence electrons. The van der Waals surface area contributed by atoms with E-state index in [1.165, 1.54) is 7.11 Å². The lowest BCUT2D eigenvalue weighted by molar-refractivity contribution is -0.0566. The maximum absolute atomic E-state index is 11.8. The average Bonchev–Trinajstić information content (AvgIpc) is 2.92. The van der Waals surface area contributed by atoms with Crippen LogP contribution in [0.3, 0.4) is 0 Å². The number of hydrogen-bond donors (Lipinski definition) is 0. The minimum atomic E-state index is -0.390. The zero-order chi connectivity index (χ0) is 17.8. The molecule has 0 spiro atoms. The molecule has 2 aromatic rings. The lowest BCUT2D eigenvalue weighted by atomic mass is 10.1. The second-order valence-corrected chi connectivity index (χ2v) is 6.13. The summed E-state index contributed by atoms with van der Waals surface area (Å²) >= 11 is 0. The Morgan fingerprint density at radius 3 is 2.92 bits per heavy atom. The Morgan fingerprint density at radius 2 is 2.24 bits per heavy atom. The Labute approximate surface area is 146 Å². The highest BCUT2D eigenvalue weighted by Crippen LogP contribution is 2.29. The number of esters is 1. The average molecular weight is 345 g/mol. The van der Waals surface area contributed by atoms with Crippen molar-refractivity contribution in [2.24, 2.45) is 7.05 Å². The van der Waals surface area contributed by atoms with Crippen molar-refractivity contribution in [2.45, 2.75) is 32.3 Å². The molecule has 1 aliphatic rings. The summed E-state index contributed by atoms with van der Waals surface area (Å²) in [6.07, 6.45) is 5.15. The first kappa shape index (κ1) is 17.4. The number of carbonyl (C=O) groups excluding carboxylic acids is 1. The third-order valence-electron chi connectivity index (χ3n) is 4.24. The molecule has 7 nitrogen and oxygen atoms in total. The van der Waals surface area contributed by atoms with Gasteiger partial charge in [0.2, 0.25) is 5.88 Å². The minimum absolute atomic E-state index is 0.385. The lowest BCUT2D eigenvalue weighted by Gasteiger charge is -2.26. The van der Waals surface area contributed by atoms with Crippen LogP contribution in [0.5, 0.6) is 5.88 Å². The molecule has 0 saturated carbocycles. The van der Waals surface area contributed by atoms with Crippen molar-refractivity contribution in [3.8, 4) is 17.1 Å². The van der Waals surface area contributed by atoms with Crippen molar-refractivity contribution in [3.63, 3.8) is 0 Å². The summed E-state index contributed by atoms with van der Waals surface area (Å²) in [6.45, 7) is 3.30. The van der Waals surface area contributed by atoms with E-state index in [9.17, 15) is 4.79 Å². The fourth-order valence-electron chi connectivity index (χ4n) is 2.81. The van der Waals surface area contributed by atoms with Crippen molar-refractivity contribution in [3.05, 3.63) is 29.6 Å². The molecule has 1 saturated heterocycles. The normalized spacial score (nSPS) is 16.4. The first-order valence-corrected chi connectivity index (χ1v) is 8.42. The maximum Gasteiger partial charge on any atom is 0.337 e. The highest BCUT2D eigenvalue weighted by atomic mass is 16.5. The number of hydrogen-bond acceptors (Lipinski definition) is 6. The van der Waals surface area contributed by atoms with Gasteiger partial charge in [-0.2, -0.15) is 5.10 Å². The summed E-state index contributed by atoms with van der Waals surface area (Å²) in [5, 5.41) is 4.27. The van der Waals surface area contributed by atoms with Crippen LogP contribution < -0.4 is 4.74 Å². The molecule has 0 radical (unpaired) electrons. The van der Waals surface area contributed by atoms with Crippen molar-refractivity contribution in [2.75, 3.05) is 20.3 Å². The molecule has 1 fully saturated rings. The number of nitrogens with zero attached hydrogens (tertiary/aromatic N) is 3. The molecule has 0 N–H and O–H groups in total. The topological polar surface area (TPSA) is 75.5 Å². The number of pyridine rings is 1. The Bertz CT molecular complexity index is 753. The lowest BCUT2D eigenvalue weighted by Crippen LogP contribution is -2.26. The van der Waals surface area contributed by atoms with E-state index in [1.54, 1.807) is 23.0 Å². The van der Waals surface area contributed by atoms with Crippen molar-refractivity contribution in [1.82, 2.24) is 14.8 Å². The maximum atomic E-state index is 11.8. The summed E-state index contributed by atoms with van der Waals surface area (Å²) in [6, 6.07) is 3.40. The summed E-state index contributed by atoms with van der Waals surface area (Å²) < 4.78 is 17.8. The monoisotopic (exact) mass is 345 g/mol. The molecule has 7 heteroatoms. The van der Waals surface area contributed by atoms with Gasteiger partial charge in [-0.1, -0.05) is 0 Å². The standard InChI is InChI=1S/C18H23N3O4/c1-12-9-13(18(22)23-3)10-16(20-12)15-11-19-21(2)17(15)25-7-4-5-14-6-8-24-14/h9-11,14H,4-8H2,1-3H3. The molecule has 0 bridgehead atoms. The van der Waals surface area contributed by atoms with Gasteiger partial charge in [0.1, 0.15) is 0 Å². The Morgan fingerprint density at radius 1 is 1.44 bits per heavy atom. The van der Waals surface area contributed by atoms with Gasteiger partial charge in [-0.05, 0) is 38.3 Å². The number of aryl methyl sites for hydroxylation is 2. The van der Waals surface area contributed by atoms with Crippen LogP contribution in [0.2, 0.25) is 0 Å². The molecule has 1 aliphatic heterocycles. The first-order chi connectivity index (χ1) is 12.1. The Balaban J connectivity index is 1.75. The fraction of sp³-hybridized carbons (Fsp3) is 0.500. The molecule has 0 aromatic carbocycles. The van der Waals surface area contributed by atoms with Crippen molar-refractivity contribution >= 4 is 5.97 Å². The molecule has 0 aliphatic carbocycles. The highest BCUT2D eigenvalue weighted by Gasteiger charge is 2.19. The van der Waals surface area contributed by atoms with Gasteiger partial charge in [0.05, 0.1) is 42.8 Å². The molecule has 3 rings (SSSR count). The second-order valence-electron chi connectivity index (χ2n) is 6.13. The second kappa shape index (κ2) is 7.65. The van der Waals surface area contributed by atoms with E-state index in [0.29, 0.717) is 29.8 Å². The van der Waals surface area contributed by atoms with Crippen LogP contribution in [-0.4, -0.2) is 47.2 Å². The third kappa shape index (κ3) is 3.99. The number of aromatic nitrogens is 3. The number of ether oxygens (including phenoxy) is 3. The van der Waals surface area contributed by atoms with Crippen LogP contribution in [-0.2, 0) is 16.5 Å². The molecule has 1 atom stereocenters. The van der Waals surface area contributed by atoms with E-state index >= 15 is 0 Å². The fourth-order valence-corrected chi connectivity index (χ4v) is 2.81. The van der Waals surface area contributed by atoms with Gasteiger partial charge in [0.15, 0.2) is 0 Å². The predicted molar refractivity (Wildman–Crippen MR) is 91.6 cm³/mol. The van der Waals surface area contributed by atoms with Crippen LogP contribution in [0.15, 0.2) is 18.3 Å². The van der Waals surface area contributed by atoms with E-state index in [0.717, 1.165) is 37.1 Å². The van der Waals surface area contributed by atoms with Crippen LogP contribution in [0.1, 0.15) is 35.3 Å². The highest BCUT2D eigenvalue weighted by molar-refractivity contribution is 5.90. The minimum Gasteiger partial charge on any atom is -0.477 e. The number of carbonyl (C=O) groups is 1. The van der Waals surface area contributed by atoms with Gasteiger partial charge in [0.25, 0.3) is 0 Å². The van der Waals surface area contributed by atoms with Crippen molar-refractivity contribution < 1.29 is 19.0 Å². The van der Waals surface area contributed by atoms with Gasteiger partial charge < -0.3 is 14.2 Å². The van der Waals surface area contributed by atoms with Crippen LogP contribution in [0.4, 0.5) is 0 Å². The largest absolute Gasteiger partial charge is 0.477 e. The molecular formula is C18H23N3O4. The Kier molecular flexibility index (Phi) is 5.33. The van der Waals surface area contributed by atoms with E-state index < -0.39 is 5.97 Å². The van der Waals surface area contributed by atoms with E-state index in [-0.39, 0.29) is 0 Å². The van der Waals surface area contributed by atoms with E-state index in [4.69, 9.17) is 14.2 Å². The van der Waals surface area contributed by atoms with E-state index in [2.05, 4.69) is 10.1 Å². The van der Waals surface area contributed by atoms with Gasteiger partial charge >= 0.3 is 5.97 Å². The third-order valence-corrected chi connectivity index (χ3v) is 4.24. The van der Waals surface area contributed by atoms with E-state index in [1.807, 2.05) is 14.0 Å². The zero-order valence-electron chi connectivity index (χ0n) is 14.8. The van der Waals surface area contributed by atoms with Crippen molar-refractivity contribution in [1.29, 1.82) is 0 Å². The number of rotatable bonds is 7. The zero-order valence-corrected chi connectivity index (χ0v) is 14.8. The molecule has 1 unspecified atom stereocenters. The first-order valence-electron chi connectivity index (χ1n) is 8.42. The summed E-state index contributed by atoms with van der Waals surface area (Å²) in [4.78, 5) is 16.3. The molecular weight excluding hydrogens is 322 g/mol. The summed E-state index contributed by atoms with van der Waals surface area (Å²) in [5.74, 6) is 0.252. The number of methoxy groups -OCH3 is 1. The molecule has 0 amide bonds. The van der Waals surface area contributed by atoms with Crippen LogP contribution >= 0.6 is 0 Å². The van der Waals surface area contributed by atoms with Crippen LogP contribution in [0, 0.1) is 6.92 Å². The smallest absolute Gasteiger partial charge is 0.337 e. The van der Waals surface area contributed by atoms with Gasteiger partial charge in [-0.15, -0.1) is 0 Å². The van der Waals surface area contributed by atoms with Gasteiger partial charge in [-0.3, -0.25) is 4.98 Å². The Hall–Kier alpha value is -2.41. The van der Waals surface area contributed by atoms with Crippen LogP contribution in [0.25, 0.3) is 11.3 Å². The molecule has 2 aromatic heterocycles. The van der Waals surface area contributed by atoms with Gasteiger partial charge in [0, 0.05) is 19.3 Å².